The van der Waals surface area contributed by atoms with Gasteiger partial charge in [-0.15, -0.1) is 0 Å². The second-order valence-electron chi connectivity index (χ2n) is 7.82. The Labute approximate surface area is 201 Å². The molecule has 0 aromatic carbocycles. The molecular formula is C18H41O13P3. The minimum Gasteiger partial charge on any atom is -0.396 e. The number of phosphoric ester groups is 3. The summed E-state index contributed by atoms with van der Waals surface area (Å²) in [5.74, 6) is 0. The zero-order chi connectivity index (χ0) is 26.5. The number of phosphoric acid groups is 3. The molecule has 0 aliphatic carbocycles. The predicted octanol–water partition coefficient (Wildman–Crippen LogP) is 4.03. The Bertz CT molecular complexity index is 703. The molecule has 2 unspecified atom stereocenters. The molecule has 0 bridgehead atoms. The summed E-state index contributed by atoms with van der Waals surface area (Å²) in [5.41, 5.74) is -2.23. The van der Waals surface area contributed by atoms with Gasteiger partial charge in [0.1, 0.15) is 0 Å². The van der Waals surface area contributed by atoms with Crippen molar-refractivity contribution >= 4 is 23.5 Å². The van der Waals surface area contributed by atoms with Gasteiger partial charge < -0.3 is 24.7 Å². The van der Waals surface area contributed by atoms with Crippen LogP contribution in [0.25, 0.3) is 0 Å². The van der Waals surface area contributed by atoms with Gasteiger partial charge in [-0.25, -0.2) is 13.7 Å². The smallest absolute Gasteiger partial charge is 0.396 e. The van der Waals surface area contributed by atoms with Crippen LogP contribution >= 0.6 is 23.5 Å². The third-order valence-corrected chi connectivity index (χ3v) is 8.37. The molecule has 0 saturated carbocycles. The average molecular weight is 558 g/mol. The van der Waals surface area contributed by atoms with Crippen molar-refractivity contribution in [3.63, 3.8) is 0 Å². The first-order valence-electron chi connectivity index (χ1n) is 11.3. The highest BCUT2D eigenvalue weighted by Gasteiger charge is 2.40. The number of hydrogen-bond acceptors (Lipinski definition) is 9. The van der Waals surface area contributed by atoms with Crippen molar-refractivity contribution in [3.05, 3.63) is 0 Å². The summed E-state index contributed by atoms with van der Waals surface area (Å²) >= 11 is 0. The molecule has 16 heteroatoms. The van der Waals surface area contributed by atoms with E-state index in [1.54, 1.807) is 27.7 Å². The maximum atomic E-state index is 12.6. The molecule has 0 aliphatic heterocycles. The molecule has 0 aromatic heterocycles. The average Bonchev–Trinajstić information content (AvgIpc) is 2.74. The van der Waals surface area contributed by atoms with Crippen molar-refractivity contribution in [2.75, 3.05) is 26.4 Å². The summed E-state index contributed by atoms with van der Waals surface area (Å²) in [5, 5.41) is 8.78. The first kappa shape index (κ1) is 34.3. The van der Waals surface area contributed by atoms with E-state index < -0.39 is 34.7 Å². The first-order chi connectivity index (χ1) is 15.6. The van der Waals surface area contributed by atoms with E-state index in [1.807, 2.05) is 0 Å². The van der Waals surface area contributed by atoms with Crippen molar-refractivity contribution in [3.8, 4) is 0 Å². The highest BCUT2D eigenvalue weighted by molar-refractivity contribution is 7.47. The Kier molecular flexibility index (Phi) is 15.7. The van der Waals surface area contributed by atoms with Crippen LogP contribution in [-0.2, 0) is 36.3 Å². The number of aliphatic hydroxyl groups is 1. The van der Waals surface area contributed by atoms with Crippen LogP contribution < -0.4 is 0 Å². The van der Waals surface area contributed by atoms with Gasteiger partial charge in [0.25, 0.3) is 0 Å². The molecule has 0 amide bonds. The largest absolute Gasteiger partial charge is 0.472 e. The lowest BCUT2D eigenvalue weighted by atomic mass is 9.92. The quantitative estimate of drug-likeness (QED) is 0.1000. The SMILES string of the molecule is CCC(CC)(CCCOP(=O)(O)O)OP(=O)(O)OCCC(CC)(CC)OP(=O)(O)OCCCO. The lowest BCUT2D eigenvalue weighted by Gasteiger charge is -2.35. The molecule has 206 valence electrons. The summed E-state index contributed by atoms with van der Waals surface area (Å²) < 4.78 is 60.8. The van der Waals surface area contributed by atoms with Crippen LogP contribution in [0, 0.1) is 0 Å². The summed E-state index contributed by atoms with van der Waals surface area (Å²) in [6, 6.07) is 0. The van der Waals surface area contributed by atoms with E-state index >= 15 is 0 Å². The standard InChI is InChI=1S/C18H41O13P3/c1-5-17(6-2,11-9-14-27-32(20,21)22)30-34(25,26)29-16-12-18(7-3,8-4)31-33(23,24)28-15-10-13-19/h19H,5-16H2,1-4H3,(H,23,24)(H,25,26)(H2,20,21,22). The Balaban J connectivity index is 5.04. The molecule has 0 fully saturated rings. The van der Waals surface area contributed by atoms with E-state index in [-0.39, 0.29) is 52.1 Å². The zero-order valence-corrected chi connectivity index (χ0v) is 23.0. The maximum absolute atomic E-state index is 12.6. The molecule has 0 radical (unpaired) electrons. The van der Waals surface area contributed by atoms with E-state index in [9.17, 15) is 23.5 Å². The van der Waals surface area contributed by atoms with Crippen LogP contribution in [0.2, 0.25) is 0 Å². The lowest BCUT2D eigenvalue weighted by molar-refractivity contribution is -0.0173. The van der Waals surface area contributed by atoms with Gasteiger partial charge in [-0.1, -0.05) is 27.7 Å². The summed E-state index contributed by atoms with van der Waals surface area (Å²) in [7, 11) is -13.6. The van der Waals surface area contributed by atoms with E-state index in [2.05, 4.69) is 4.52 Å². The van der Waals surface area contributed by atoms with Gasteiger partial charge in [-0.2, -0.15) is 0 Å². The van der Waals surface area contributed by atoms with Gasteiger partial charge in [0.05, 0.1) is 31.0 Å². The van der Waals surface area contributed by atoms with Gasteiger partial charge in [-0.3, -0.25) is 22.6 Å². The van der Waals surface area contributed by atoms with Gasteiger partial charge in [-0.05, 0) is 44.9 Å². The third kappa shape index (κ3) is 14.1. The second-order valence-corrected chi connectivity index (χ2v) is 11.8. The number of hydrogen-bond donors (Lipinski definition) is 5. The van der Waals surface area contributed by atoms with Crippen LogP contribution in [0.4, 0.5) is 0 Å². The molecule has 0 aromatic rings. The van der Waals surface area contributed by atoms with Crippen LogP contribution in [0.5, 0.6) is 0 Å². The van der Waals surface area contributed by atoms with Crippen molar-refractivity contribution in [1.29, 1.82) is 0 Å². The number of rotatable bonds is 21. The predicted molar refractivity (Wildman–Crippen MR) is 124 cm³/mol. The summed E-state index contributed by atoms with van der Waals surface area (Å²) in [6.07, 6.45) is 1.81. The molecular weight excluding hydrogens is 517 g/mol. The topological polar surface area (TPSA) is 199 Å². The summed E-state index contributed by atoms with van der Waals surface area (Å²) in [4.78, 5) is 37.8. The zero-order valence-electron chi connectivity index (χ0n) is 20.3. The molecule has 0 spiro atoms. The normalized spacial score (nSPS) is 16.9. The monoisotopic (exact) mass is 558 g/mol. The fraction of sp³-hybridized carbons (Fsp3) is 1.00. The van der Waals surface area contributed by atoms with Crippen molar-refractivity contribution < 1.29 is 61.0 Å². The summed E-state index contributed by atoms with van der Waals surface area (Å²) in [6.45, 7) is 6.01. The Morgan fingerprint density at radius 1 is 0.618 bits per heavy atom. The lowest BCUT2D eigenvalue weighted by Crippen LogP contribution is -2.33. The highest BCUT2D eigenvalue weighted by atomic mass is 31.2. The maximum Gasteiger partial charge on any atom is 0.472 e. The number of aliphatic hydroxyl groups excluding tert-OH is 1. The van der Waals surface area contributed by atoms with E-state index in [1.165, 1.54) is 0 Å². The van der Waals surface area contributed by atoms with E-state index in [4.69, 9.17) is 33.0 Å². The minimum atomic E-state index is -4.61. The Hall–Kier alpha value is 0.290. The van der Waals surface area contributed by atoms with Crippen molar-refractivity contribution in [2.24, 2.45) is 0 Å². The molecule has 0 aliphatic rings. The molecule has 0 rings (SSSR count). The second kappa shape index (κ2) is 15.5. The highest BCUT2D eigenvalue weighted by Crippen LogP contribution is 2.53. The Morgan fingerprint density at radius 3 is 1.44 bits per heavy atom. The van der Waals surface area contributed by atoms with Crippen LogP contribution in [0.3, 0.4) is 0 Å². The fourth-order valence-electron chi connectivity index (χ4n) is 3.27. The van der Waals surface area contributed by atoms with Crippen LogP contribution in [-0.4, -0.2) is 62.3 Å². The van der Waals surface area contributed by atoms with Gasteiger partial charge in [0.2, 0.25) is 0 Å². The molecule has 5 N–H and O–H groups in total. The van der Waals surface area contributed by atoms with Gasteiger partial charge in [0, 0.05) is 13.0 Å². The molecule has 0 heterocycles. The van der Waals surface area contributed by atoms with E-state index in [0.717, 1.165) is 0 Å². The first-order valence-corrected chi connectivity index (χ1v) is 15.8. The molecule has 0 saturated heterocycles. The van der Waals surface area contributed by atoms with Gasteiger partial charge >= 0.3 is 23.5 Å². The van der Waals surface area contributed by atoms with Crippen LogP contribution in [0.1, 0.15) is 79.1 Å². The molecule has 34 heavy (non-hydrogen) atoms. The molecule has 2 atom stereocenters. The van der Waals surface area contributed by atoms with Crippen molar-refractivity contribution in [1.82, 2.24) is 0 Å². The van der Waals surface area contributed by atoms with Crippen molar-refractivity contribution in [2.45, 2.75) is 90.3 Å². The van der Waals surface area contributed by atoms with Gasteiger partial charge in [0.15, 0.2) is 0 Å². The fourth-order valence-corrected chi connectivity index (χ4v) is 6.10. The minimum absolute atomic E-state index is 0.00317. The Morgan fingerprint density at radius 2 is 1.03 bits per heavy atom. The molecule has 13 nitrogen and oxygen atoms in total. The van der Waals surface area contributed by atoms with E-state index in [0.29, 0.717) is 25.7 Å². The van der Waals surface area contributed by atoms with Crippen LogP contribution in [0.15, 0.2) is 0 Å². The third-order valence-electron chi connectivity index (χ3n) is 5.60.